The number of nitrogens with one attached hydrogen (secondary N) is 2. The Balaban J connectivity index is 1.70. The number of ketones is 1. The van der Waals surface area contributed by atoms with E-state index < -0.39 is 40.4 Å². The largest absolute Gasteiger partial charge is 0.461 e. The second-order valence-electron chi connectivity index (χ2n) is 7.13. The predicted molar refractivity (Wildman–Crippen MR) is 114 cm³/mol. The second-order valence-corrected chi connectivity index (χ2v) is 8.78. The van der Waals surface area contributed by atoms with Gasteiger partial charge in [0.05, 0.1) is 11.5 Å². The minimum atomic E-state index is -3.73. The number of amidine groups is 1. The quantitative estimate of drug-likeness (QED) is 0.471. The van der Waals surface area contributed by atoms with Gasteiger partial charge in [0, 0.05) is 16.8 Å². The zero-order valence-electron chi connectivity index (χ0n) is 18.0. The number of Topliss-reactive ketones (excluding diaryl/α,β-unsaturated/α-hetero) is 1. The maximum Gasteiger partial charge on any atom is 0.355 e. The van der Waals surface area contributed by atoms with Crippen LogP contribution in [0.3, 0.4) is 0 Å². The van der Waals surface area contributed by atoms with Gasteiger partial charge in [-0.05, 0) is 45.4 Å². The second kappa shape index (κ2) is 8.95. The Bertz CT molecular complexity index is 1230. The highest BCUT2D eigenvalue weighted by Crippen LogP contribution is 2.23. The topological polar surface area (TPSA) is 144 Å². The number of carbonyl (C=O) groups excluding carboxylic acids is 3. The van der Waals surface area contributed by atoms with E-state index in [9.17, 15) is 22.8 Å². The van der Waals surface area contributed by atoms with E-state index >= 15 is 0 Å². The van der Waals surface area contributed by atoms with Crippen molar-refractivity contribution < 1.29 is 32.3 Å². The summed E-state index contributed by atoms with van der Waals surface area (Å²) in [4.78, 5) is 44.0. The smallest absolute Gasteiger partial charge is 0.355 e. The number of carbonyl (C=O) groups is 3. The van der Waals surface area contributed by atoms with Gasteiger partial charge in [-0.15, -0.1) is 0 Å². The van der Waals surface area contributed by atoms with Gasteiger partial charge in [0.15, 0.2) is 6.61 Å². The lowest BCUT2D eigenvalue weighted by Crippen LogP contribution is -2.27. The molecular weight excluding hydrogens is 438 g/mol. The predicted octanol–water partition coefficient (Wildman–Crippen LogP) is 1.66. The average Bonchev–Trinajstić information content (AvgIpc) is 3.18. The van der Waals surface area contributed by atoms with E-state index in [2.05, 4.69) is 14.7 Å². The summed E-state index contributed by atoms with van der Waals surface area (Å²) in [7, 11) is -3.73. The number of rotatable bonds is 7. The molecule has 0 spiro atoms. The molecule has 0 aliphatic carbocycles. The van der Waals surface area contributed by atoms with Crippen LogP contribution in [-0.4, -0.2) is 56.2 Å². The van der Waals surface area contributed by atoms with Crippen LogP contribution in [0.25, 0.3) is 0 Å². The van der Waals surface area contributed by atoms with Gasteiger partial charge in [0.25, 0.3) is 10.0 Å². The van der Waals surface area contributed by atoms with Crippen LogP contribution in [0, 0.1) is 13.8 Å². The Morgan fingerprint density at radius 2 is 1.81 bits per heavy atom. The maximum absolute atomic E-state index is 12.6. The summed E-state index contributed by atoms with van der Waals surface area (Å²) in [6, 6.07) is 5.20. The van der Waals surface area contributed by atoms with Crippen LogP contribution >= 0.6 is 0 Å². The number of aromatic nitrogens is 1. The summed E-state index contributed by atoms with van der Waals surface area (Å²) in [5.74, 6) is -1.83. The van der Waals surface area contributed by atoms with Crippen molar-refractivity contribution in [2.24, 2.45) is 4.99 Å². The van der Waals surface area contributed by atoms with Gasteiger partial charge in [0.1, 0.15) is 17.6 Å². The molecule has 1 aliphatic rings. The van der Waals surface area contributed by atoms with E-state index in [1.54, 1.807) is 39.0 Å². The molecule has 0 amide bonds. The lowest BCUT2D eigenvalue weighted by molar-refractivity contribution is -0.143. The maximum atomic E-state index is 12.6. The minimum Gasteiger partial charge on any atom is -0.461 e. The number of H-pyrrole nitrogens is 1. The number of hydrogen-bond donors (Lipinski definition) is 2. The van der Waals surface area contributed by atoms with Crippen LogP contribution in [-0.2, 0) is 24.3 Å². The first-order valence-corrected chi connectivity index (χ1v) is 11.3. The zero-order valence-corrected chi connectivity index (χ0v) is 18.8. The first kappa shape index (κ1) is 23.2. The summed E-state index contributed by atoms with van der Waals surface area (Å²) in [5, 5.41) is 0. The summed E-state index contributed by atoms with van der Waals surface area (Å²) in [6.45, 7) is 5.97. The van der Waals surface area contributed by atoms with Crippen LogP contribution in [0.4, 0.5) is 0 Å². The molecule has 0 fully saturated rings. The zero-order chi connectivity index (χ0) is 23.6. The van der Waals surface area contributed by atoms with Gasteiger partial charge in [-0.25, -0.2) is 18.0 Å². The molecule has 10 nitrogen and oxygen atoms in total. The number of aryl methyl sites for hydroxylation is 1. The van der Waals surface area contributed by atoms with Crippen molar-refractivity contribution in [1.82, 2.24) is 9.71 Å². The number of hydrogen-bond acceptors (Lipinski definition) is 8. The summed E-state index contributed by atoms with van der Waals surface area (Å²) in [6.07, 6.45) is 0. The molecule has 0 bridgehead atoms. The monoisotopic (exact) mass is 461 g/mol. The SMILES string of the molecule is CCOC(=O)c1[nH]c(C)c(C(=O)COC(=O)[C@H](C)N=C2NS(=O)(=O)c3ccccc32)c1C. The van der Waals surface area contributed by atoms with E-state index in [0.717, 1.165) is 0 Å². The Morgan fingerprint density at radius 1 is 1.12 bits per heavy atom. The van der Waals surface area contributed by atoms with Crippen molar-refractivity contribution >= 4 is 33.6 Å². The third-order valence-corrected chi connectivity index (χ3v) is 6.27. The van der Waals surface area contributed by atoms with Crippen molar-refractivity contribution in [3.8, 4) is 0 Å². The van der Waals surface area contributed by atoms with Crippen molar-refractivity contribution in [3.05, 3.63) is 52.3 Å². The van der Waals surface area contributed by atoms with Crippen LogP contribution in [0.2, 0.25) is 0 Å². The van der Waals surface area contributed by atoms with Gasteiger partial charge in [-0.2, -0.15) is 0 Å². The fraction of sp³-hybridized carbons (Fsp3) is 0.333. The average molecular weight is 461 g/mol. The standard InChI is InChI=1S/C21H23N3O7S/c1-5-30-21(27)18-11(2)17(12(3)22-18)15(25)10-31-20(26)13(4)23-19-14-8-6-7-9-16(14)32(28,29)24-19/h6-9,13,22H,5,10H2,1-4H3,(H,23,24)/t13-/m0/s1. The molecule has 32 heavy (non-hydrogen) atoms. The molecule has 1 atom stereocenters. The molecule has 0 saturated carbocycles. The molecule has 2 heterocycles. The molecule has 1 aromatic carbocycles. The third-order valence-electron chi connectivity index (χ3n) is 4.87. The van der Waals surface area contributed by atoms with Crippen molar-refractivity contribution in [2.75, 3.05) is 13.2 Å². The molecule has 0 radical (unpaired) electrons. The molecule has 2 N–H and O–H groups in total. The van der Waals surface area contributed by atoms with Crippen LogP contribution < -0.4 is 4.72 Å². The first-order chi connectivity index (χ1) is 15.1. The molecular formula is C21H23N3O7S. The highest BCUT2D eigenvalue weighted by atomic mass is 32.2. The normalized spacial score (nSPS) is 16.2. The van der Waals surface area contributed by atoms with Gasteiger partial charge < -0.3 is 14.5 Å². The first-order valence-electron chi connectivity index (χ1n) is 9.83. The molecule has 11 heteroatoms. The molecule has 1 aliphatic heterocycles. The number of aliphatic imine (C=N–C) groups is 1. The molecule has 3 rings (SSSR count). The van der Waals surface area contributed by atoms with E-state index in [0.29, 0.717) is 16.8 Å². The van der Waals surface area contributed by atoms with Crippen LogP contribution in [0.5, 0.6) is 0 Å². The Labute approximate surface area is 185 Å². The Morgan fingerprint density at radius 3 is 2.50 bits per heavy atom. The third kappa shape index (κ3) is 4.42. The molecule has 170 valence electrons. The number of sulfonamides is 1. The molecule has 1 aromatic heterocycles. The Hall–Kier alpha value is -3.47. The lowest BCUT2D eigenvalue weighted by atomic mass is 10.1. The van der Waals surface area contributed by atoms with Gasteiger partial charge in [-0.1, -0.05) is 12.1 Å². The fourth-order valence-electron chi connectivity index (χ4n) is 3.38. The van der Waals surface area contributed by atoms with Crippen LogP contribution in [0.1, 0.15) is 51.5 Å². The number of nitrogens with zero attached hydrogens (tertiary/aromatic N) is 1. The van der Waals surface area contributed by atoms with E-state index in [-0.39, 0.29) is 28.6 Å². The highest BCUT2D eigenvalue weighted by Gasteiger charge is 2.31. The van der Waals surface area contributed by atoms with Crippen LogP contribution in [0.15, 0.2) is 34.2 Å². The molecule has 0 saturated heterocycles. The molecule has 2 aromatic rings. The lowest BCUT2D eigenvalue weighted by Gasteiger charge is -2.09. The minimum absolute atomic E-state index is 0.0350. The Kier molecular flexibility index (Phi) is 6.49. The van der Waals surface area contributed by atoms with Crippen molar-refractivity contribution in [3.63, 3.8) is 0 Å². The summed E-state index contributed by atoms with van der Waals surface area (Å²) >= 11 is 0. The van der Waals surface area contributed by atoms with Crippen molar-refractivity contribution in [2.45, 2.75) is 38.6 Å². The number of fused-ring (bicyclic) bond motifs is 1. The number of esters is 2. The van der Waals surface area contributed by atoms with Gasteiger partial charge >= 0.3 is 11.9 Å². The molecule has 0 unspecified atom stereocenters. The van der Waals surface area contributed by atoms with E-state index in [1.807, 2.05) is 0 Å². The van der Waals surface area contributed by atoms with Crippen molar-refractivity contribution in [1.29, 1.82) is 0 Å². The van der Waals surface area contributed by atoms with E-state index in [4.69, 9.17) is 9.47 Å². The summed E-state index contributed by atoms with van der Waals surface area (Å²) < 4.78 is 36.7. The highest BCUT2D eigenvalue weighted by molar-refractivity contribution is 7.90. The number of ether oxygens (including phenoxy) is 2. The summed E-state index contributed by atoms with van der Waals surface area (Å²) in [5.41, 5.74) is 1.64. The fourth-order valence-corrected chi connectivity index (χ4v) is 4.62. The number of benzene rings is 1. The number of aromatic amines is 1. The van der Waals surface area contributed by atoms with Gasteiger partial charge in [-0.3, -0.25) is 14.5 Å². The van der Waals surface area contributed by atoms with E-state index in [1.165, 1.54) is 13.0 Å². The van der Waals surface area contributed by atoms with Gasteiger partial charge in [0.2, 0.25) is 5.78 Å².